The van der Waals surface area contributed by atoms with E-state index in [-0.39, 0.29) is 17.9 Å². The molecule has 0 bridgehead atoms. The molecule has 0 spiro atoms. The summed E-state index contributed by atoms with van der Waals surface area (Å²) >= 11 is 0. The van der Waals surface area contributed by atoms with E-state index < -0.39 is 74.0 Å². The maximum atomic E-state index is 11.7. The Bertz CT molecular complexity index is 737. The number of rotatable bonds is 16. The fraction of sp³-hybridized carbons (Fsp3) is 0.875. The Kier molecular flexibility index (Phi) is 23.3. The standard InChI is InChI=1S/C12H25N3O2.2C6H12O7/c1-3-10(2)11(13)12(16)14-4-5-15-6-8-17-9-7-15;2*7-1-2(8)3(9)4(10)5(11)6(12)13/h10-11H,3-9,13H2,1-2H3,(H,14,16);2*2-5,7-11H,1H2,(H,12,13)/t;2*2-,3-,4+,5-/m.11/s1. The molecule has 43 heavy (non-hydrogen) atoms. The van der Waals surface area contributed by atoms with Crippen LogP contribution in [0.1, 0.15) is 20.3 Å². The van der Waals surface area contributed by atoms with E-state index in [1.165, 1.54) is 0 Å². The van der Waals surface area contributed by atoms with Gasteiger partial charge >= 0.3 is 11.9 Å². The first-order valence-corrected chi connectivity index (χ1v) is 13.4. The van der Waals surface area contributed by atoms with Crippen LogP contribution in [0.2, 0.25) is 0 Å². The molecule has 256 valence electrons. The summed E-state index contributed by atoms with van der Waals surface area (Å²) in [5.74, 6) is -3.25. The van der Waals surface area contributed by atoms with Crippen LogP contribution in [0.15, 0.2) is 0 Å². The normalized spacial score (nSPS) is 20.6. The number of carboxylic acids is 2. The number of carbonyl (C=O) groups excluding carboxylic acids is 1. The van der Waals surface area contributed by atoms with Gasteiger partial charge in [0.2, 0.25) is 5.91 Å². The molecule has 2 unspecified atom stereocenters. The number of carbonyl (C=O) groups is 3. The molecule has 0 aromatic heterocycles. The highest BCUT2D eigenvalue weighted by Crippen LogP contribution is 2.06. The van der Waals surface area contributed by atoms with Crippen LogP contribution < -0.4 is 11.1 Å². The summed E-state index contributed by atoms with van der Waals surface area (Å²) < 4.78 is 5.26. The quantitative estimate of drug-likeness (QED) is 0.0748. The fourth-order valence-electron chi connectivity index (χ4n) is 3.13. The van der Waals surface area contributed by atoms with Gasteiger partial charge in [-0.05, 0) is 5.92 Å². The van der Waals surface area contributed by atoms with Gasteiger partial charge in [0.1, 0.15) is 36.6 Å². The molecule has 1 heterocycles. The van der Waals surface area contributed by atoms with E-state index in [0.717, 1.165) is 39.3 Å². The number of carboxylic acid groups (broad SMARTS) is 2. The maximum absolute atomic E-state index is 11.7. The Morgan fingerprint density at radius 1 is 0.791 bits per heavy atom. The molecule has 1 rings (SSSR count). The third kappa shape index (κ3) is 17.1. The van der Waals surface area contributed by atoms with E-state index in [1.807, 2.05) is 13.8 Å². The summed E-state index contributed by atoms with van der Waals surface area (Å²) in [5.41, 5.74) is 5.84. The third-order valence-corrected chi connectivity index (χ3v) is 6.41. The largest absolute Gasteiger partial charge is 0.479 e. The van der Waals surface area contributed by atoms with Gasteiger partial charge in [-0.25, -0.2) is 9.59 Å². The Hall–Kier alpha value is -2.11. The van der Waals surface area contributed by atoms with Gasteiger partial charge in [-0.15, -0.1) is 0 Å². The predicted molar refractivity (Wildman–Crippen MR) is 145 cm³/mol. The zero-order valence-corrected chi connectivity index (χ0v) is 24.2. The van der Waals surface area contributed by atoms with E-state index in [0.29, 0.717) is 6.54 Å². The Morgan fingerprint density at radius 3 is 1.51 bits per heavy atom. The smallest absolute Gasteiger partial charge is 0.335 e. The van der Waals surface area contributed by atoms with E-state index in [4.69, 9.17) is 71.7 Å². The number of amides is 1. The summed E-state index contributed by atoms with van der Waals surface area (Å²) in [7, 11) is 0. The summed E-state index contributed by atoms with van der Waals surface area (Å²) in [5, 5.41) is 107. The molecule has 0 aromatic carbocycles. The number of hydrogen-bond acceptors (Lipinski definition) is 16. The van der Waals surface area contributed by atoms with Crippen LogP contribution in [-0.2, 0) is 19.1 Å². The number of hydrogen-bond donors (Lipinski definition) is 14. The van der Waals surface area contributed by atoms with Crippen molar-refractivity contribution < 1.29 is 80.4 Å². The van der Waals surface area contributed by atoms with Crippen molar-refractivity contribution in [2.24, 2.45) is 11.7 Å². The first-order valence-electron chi connectivity index (χ1n) is 13.4. The van der Waals surface area contributed by atoms with Crippen LogP contribution in [0.4, 0.5) is 0 Å². The number of aliphatic carboxylic acids is 2. The van der Waals surface area contributed by atoms with Gasteiger partial charge < -0.3 is 77.1 Å². The Morgan fingerprint density at radius 2 is 1.19 bits per heavy atom. The first-order chi connectivity index (χ1) is 20.0. The van der Waals surface area contributed by atoms with Crippen molar-refractivity contribution in [1.29, 1.82) is 0 Å². The minimum Gasteiger partial charge on any atom is -0.479 e. The molecular formula is C24H49N3O16. The molecule has 15 N–H and O–H groups in total. The van der Waals surface area contributed by atoms with Gasteiger partial charge in [0.15, 0.2) is 12.2 Å². The van der Waals surface area contributed by atoms with Crippen molar-refractivity contribution in [3.05, 3.63) is 0 Å². The number of morpholine rings is 1. The second-order valence-corrected chi connectivity index (χ2v) is 9.68. The van der Waals surface area contributed by atoms with Gasteiger partial charge in [0, 0.05) is 26.2 Å². The number of aliphatic hydroxyl groups excluding tert-OH is 10. The summed E-state index contributed by atoms with van der Waals surface area (Å²) in [6.45, 7) is 7.40. The van der Waals surface area contributed by atoms with E-state index >= 15 is 0 Å². The van der Waals surface area contributed by atoms with E-state index in [9.17, 15) is 14.4 Å². The highest BCUT2D eigenvalue weighted by atomic mass is 16.5. The maximum Gasteiger partial charge on any atom is 0.335 e. The average Bonchev–Trinajstić information content (AvgIpc) is 3.01. The summed E-state index contributed by atoms with van der Waals surface area (Å²) in [6, 6.07) is -0.385. The molecule has 0 saturated carbocycles. The molecule has 1 amide bonds. The third-order valence-electron chi connectivity index (χ3n) is 6.41. The number of nitrogens with two attached hydrogens (primary N) is 1. The van der Waals surface area contributed by atoms with Gasteiger partial charge in [-0.3, -0.25) is 9.69 Å². The minimum atomic E-state index is -2.20. The average molecular weight is 636 g/mol. The highest BCUT2D eigenvalue weighted by Gasteiger charge is 2.34. The lowest BCUT2D eigenvalue weighted by atomic mass is 9.99. The SMILES string of the molecule is CCC(C)C(N)C(=O)NCCN1CCOCC1.O=C(O)[C@H](O)[C@@H](O)[C@H](O)[C@H](O)CO.O=C(O)[C@H](O)[C@@H](O)[C@H](O)[C@H](O)CO. The topological polar surface area (TPSA) is 344 Å². The van der Waals surface area contributed by atoms with Crippen LogP contribution in [0.3, 0.4) is 0 Å². The minimum absolute atomic E-state index is 0.0346. The molecule has 19 nitrogen and oxygen atoms in total. The second kappa shape index (κ2) is 23.3. The predicted octanol–water partition coefficient (Wildman–Crippen LogP) is -7.18. The van der Waals surface area contributed by atoms with Crippen molar-refractivity contribution >= 4 is 17.8 Å². The lowest BCUT2D eigenvalue weighted by molar-refractivity contribution is -0.164. The molecule has 1 aliphatic heterocycles. The summed E-state index contributed by atoms with van der Waals surface area (Å²) in [6.07, 6.45) is -14.7. The Balaban J connectivity index is 0. The molecule has 1 saturated heterocycles. The Labute approximate surface area is 248 Å². The molecule has 0 aliphatic carbocycles. The van der Waals surface area contributed by atoms with E-state index in [2.05, 4.69) is 10.2 Å². The molecule has 10 atom stereocenters. The zero-order valence-electron chi connectivity index (χ0n) is 24.2. The highest BCUT2D eigenvalue weighted by molar-refractivity contribution is 5.81. The monoisotopic (exact) mass is 635 g/mol. The van der Waals surface area contributed by atoms with Crippen LogP contribution in [-0.4, -0.2) is 192 Å². The molecule has 0 radical (unpaired) electrons. The lowest BCUT2D eigenvalue weighted by Crippen LogP contribution is -2.48. The lowest BCUT2D eigenvalue weighted by Gasteiger charge is -2.27. The summed E-state index contributed by atoms with van der Waals surface area (Å²) in [4.78, 5) is 34.2. The molecule has 1 fully saturated rings. The van der Waals surface area contributed by atoms with Crippen LogP contribution in [0, 0.1) is 5.92 Å². The van der Waals surface area contributed by atoms with E-state index in [1.54, 1.807) is 0 Å². The molecule has 0 aromatic rings. The molecule has 19 heteroatoms. The second-order valence-electron chi connectivity index (χ2n) is 9.68. The fourth-order valence-corrected chi connectivity index (χ4v) is 3.13. The zero-order chi connectivity index (χ0) is 33.9. The van der Waals surface area contributed by atoms with Gasteiger partial charge in [0.05, 0.1) is 32.5 Å². The number of nitrogens with one attached hydrogen (secondary N) is 1. The van der Waals surface area contributed by atoms with Crippen molar-refractivity contribution in [3.8, 4) is 0 Å². The number of ether oxygens (including phenoxy) is 1. The van der Waals surface area contributed by atoms with Crippen LogP contribution in [0.25, 0.3) is 0 Å². The number of nitrogens with zero attached hydrogens (tertiary/aromatic N) is 1. The van der Waals surface area contributed by atoms with Gasteiger partial charge in [-0.1, -0.05) is 20.3 Å². The van der Waals surface area contributed by atoms with Crippen LogP contribution in [0.5, 0.6) is 0 Å². The van der Waals surface area contributed by atoms with Crippen LogP contribution >= 0.6 is 0 Å². The van der Waals surface area contributed by atoms with Gasteiger partial charge in [0.25, 0.3) is 0 Å². The molecular weight excluding hydrogens is 586 g/mol. The first kappa shape index (κ1) is 43.0. The van der Waals surface area contributed by atoms with Crippen molar-refractivity contribution in [2.75, 3.05) is 52.6 Å². The van der Waals surface area contributed by atoms with Crippen molar-refractivity contribution in [3.63, 3.8) is 0 Å². The molecule has 1 aliphatic rings. The van der Waals surface area contributed by atoms with Crippen molar-refractivity contribution in [2.45, 2.75) is 75.1 Å². The number of aliphatic hydroxyl groups is 10. The van der Waals surface area contributed by atoms with Crippen molar-refractivity contribution in [1.82, 2.24) is 10.2 Å². The van der Waals surface area contributed by atoms with Gasteiger partial charge in [-0.2, -0.15) is 0 Å².